The summed E-state index contributed by atoms with van der Waals surface area (Å²) in [6.07, 6.45) is -4.87. The molecule has 1 aromatic rings. The number of hydrogen-bond donors (Lipinski definition) is 3. The summed E-state index contributed by atoms with van der Waals surface area (Å²) in [6, 6.07) is 5.55. The summed E-state index contributed by atoms with van der Waals surface area (Å²) >= 11 is 0. The molecule has 23 heteroatoms. The van der Waals surface area contributed by atoms with Gasteiger partial charge in [0, 0.05) is 0 Å². The Balaban J connectivity index is 2.07. The van der Waals surface area contributed by atoms with Gasteiger partial charge in [0.25, 0.3) is 10.1 Å². The average Bonchev–Trinajstić information content (AvgIpc) is 3.15. The number of ether oxygens (including phenoxy) is 5. The highest BCUT2D eigenvalue weighted by molar-refractivity contribution is 7.85. The van der Waals surface area contributed by atoms with E-state index >= 15 is 0 Å². The van der Waals surface area contributed by atoms with Gasteiger partial charge in [0.1, 0.15) is 39.6 Å². The van der Waals surface area contributed by atoms with E-state index in [2.05, 4.69) is 0 Å². The van der Waals surface area contributed by atoms with Crippen LogP contribution in [0, 0.1) is 5.92 Å². The highest BCUT2D eigenvalue weighted by Gasteiger charge is 2.30. The molecule has 0 aromatic heterocycles. The second-order valence-corrected chi connectivity index (χ2v) is 17.5. The molecule has 336 valence electrons. The maximum absolute atomic E-state index is 13.3. The van der Waals surface area contributed by atoms with Gasteiger partial charge in [-0.1, -0.05) is 26.0 Å². The first kappa shape index (κ1) is 51.6. The minimum atomic E-state index is -4.60. The third-order valence-electron chi connectivity index (χ3n) is 8.49. The Morgan fingerprint density at radius 1 is 0.864 bits per heavy atom. The number of quaternary nitrogens is 1. The molecule has 1 fully saturated rings. The zero-order valence-corrected chi connectivity index (χ0v) is 35.6. The number of aliphatic hydroxyl groups excluding tert-OH is 1. The fourth-order valence-corrected chi connectivity index (χ4v) is 6.41. The van der Waals surface area contributed by atoms with E-state index in [9.17, 15) is 46.4 Å². The summed E-state index contributed by atoms with van der Waals surface area (Å²) in [6.45, 7) is 0.820. The second-order valence-electron chi connectivity index (χ2n) is 14.6. The van der Waals surface area contributed by atoms with Gasteiger partial charge in [0.15, 0.2) is 12.2 Å². The lowest BCUT2D eigenvalue weighted by molar-refractivity contribution is -0.870. The van der Waals surface area contributed by atoms with Crippen molar-refractivity contribution in [2.45, 2.75) is 87.9 Å². The van der Waals surface area contributed by atoms with Crippen LogP contribution in [-0.2, 0) is 81.2 Å². The van der Waals surface area contributed by atoms with Crippen molar-refractivity contribution in [1.82, 2.24) is 0 Å². The van der Waals surface area contributed by atoms with Gasteiger partial charge in [-0.3, -0.25) is 37.6 Å². The van der Waals surface area contributed by atoms with E-state index in [0.717, 1.165) is 0 Å². The van der Waals surface area contributed by atoms with Gasteiger partial charge in [0.05, 0.1) is 77.0 Å². The summed E-state index contributed by atoms with van der Waals surface area (Å²) in [4.78, 5) is 83.9. The Morgan fingerprint density at radius 3 is 1.92 bits per heavy atom. The lowest BCUT2D eigenvalue weighted by Crippen LogP contribution is -2.37. The van der Waals surface area contributed by atoms with E-state index in [-0.39, 0.29) is 49.9 Å². The number of likely N-dealkylation sites (N-methyl/N-ethyl adjacent to an activating group) is 1. The van der Waals surface area contributed by atoms with E-state index in [0.29, 0.717) is 16.6 Å². The first-order chi connectivity index (χ1) is 27.6. The van der Waals surface area contributed by atoms with Crippen LogP contribution in [-0.4, -0.2) is 150 Å². The van der Waals surface area contributed by atoms with Crippen molar-refractivity contribution in [2.24, 2.45) is 5.92 Å². The largest absolute Gasteiger partial charge is 0.472 e. The molecule has 0 bridgehead atoms. The summed E-state index contributed by atoms with van der Waals surface area (Å²) < 4.78 is 81.2. The maximum atomic E-state index is 13.3. The van der Waals surface area contributed by atoms with Crippen molar-refractivity contribution < 1.29 is 98.5 Å². The van der Waals surface area contributed by atoms with E-state index < -0.39 is 124 Å². The average molecular weight is 887 g/mol. The van der Waals surface area contributed by atoms with Crippen LogP contribution in [0.3, 0.4) is 0 Å². The van der Waals surface area contributed by atoms with Crippen LogP contribution >= 0.6 is 7.82 Å². The molecule has 3 N–H and O–H groups in total. The number of nitrogens with zero attached hydrogens (tertiary/aromatic N) is 1. The van der Waals surface area contributed by atoms with Crippen molar-refractivity contribution in [1.29, 1.82) is 0 Å². The van der Waals surface area contributed by atoms with E-state index in [1.807, 2.05) is 28.1 Å². The molecular formula is C36H57NO20PS+. The van der Waals surface area contributed by atoms with Crippen molar-refractivity contribution >= 4 is 47.8 Å². The van der Waals surface area contributed by atoms with Crippen molar-refractivity contribution in [3.05, 3.63) is 29.8 Å². The molecule has 0 amide bonds. The van der Waals surface area contributed by atoms with Crippen molar-refractivity contribution in [3.63, 3.8) is 0 Å². The fraction of sp³-hybridized carbons (Fsp3) is 0.694. The fourth-order valence-electron chi connectivity index (χ4n) is 5.19. The molecule has 6 unspecified atom stereocenters. The van der Waals surface area contributed by atoms with Gasteiger partial charge in [-0.25, -0.2) is 14.3 Å². The smallest absolute Gasteiger partial charge is 0.462 e. The maximum Gasteiger partial charge on any atom is 0.472 e. The molecule has 59 heavy (non-hydrogen) atoms. The minimum absolute atomic E-state index is 0.0668. The SMILES string of the molecule is CCC(CC(CC(C)c1ccc(S(=O)(=O)O)cc1)OOCCO)C(=O)OCC1COC(=O)CCC(=O)OCC(COP(=O)(O)OCC[N+](C)(C)C)OC(=O)CCC(=O)O1. The Bertz CT molecular complexity index is 1670. The lowest BCUT2D eigenvalue weighted by atomic mass is 9.90. The van der Waals surface area contributed by atoms with Crippen molar-refractivity contribution in [2.75, 3.05) is 73.9 Å². The molecule has 1 heterocycles. The Labute approximate surface area is 343 Å². The molecule has 1 aromatic carbocycles. The Morgan fingerprint density at radius 2 is 1.41 bits per heavy atom. The molecule has 21 nitrogen and oxygen atoms in total. The highest BCUT2D eigenvalue weighted by Crippen LogP contribution is 2.43. The molecule has 1 aliphatic heterocycles. The van der Waals surface area contributed by atoms with Crippen LogP contribution in [0.25, 0.3) is 0 Å². The first-order valence-electron chi connectivity index (χ1n) is 18.9. The quantitative estimate of drug-likeness (QED) is 0.0233. The van der Waals surface area contributed by atoms with Crippen LogP contribution in [0.1, 0.15) is 70.3 Å². The van der Waals surface area contributed by atoms with Crippen LogP contribution in [0.5, 0.6) is 0 Å². The summed E-state index contributed by atoms with van der Waals surface area (Å²) in [5.74, 6) is -5.46. The summed E-state index contributed by atoms with van der Waals surface area (Å²) in [5.41, 5.74) is 0.699. The van der Waals surface area contributed by atoms with Gasteiger partial charge >= 0.3 is 37.7 Å². The van der Waals surface area contributed by atoms with Gasteiger partial charge in [-0.15, -0.1) is 0 Å². The van der Waals surface area contributed by atoms with E-state index in [4.69, 9.17) is 47.6 Å². The molecule has 1 aliphatic rings. The highest BCUT2D eigenvalue weighted by atomic mass is 32.2. The number of carbonyl (C=O) groups is 5. The number of rotatable bonds is 21. The van der Waals surface area contributed by atoms with E-state index in [1.54, 1.807) is 6.92 Å². The van der Waals surface area contributed by atoms with Gasteiger partial charge in [-0.2, -0.15) is 8.42 Å². The van der Waals surface area contributed by atoms with Crippen LogP contribution in [0.4, 0.5) is 0 Å². The van der Waals surface area contributed by atoms with Gasteiger partial charge in [0.2, 0.25) is 0 Å². The topological polar surface area (TPSA) is 280 Å². The normalized spacial score (nSPS) is 20.5. The first-order valence-corrected chi connectivity index (χ1v) is 21.8. The van der Waals surface area contributed by atoms with Crippen LogP contribution in [0.15, 0.2) is 29.2 Å². The minimum Gasteiger partial charge on any atom is -0.462 e. The van der Waals surface area contributed by atoms with Crippen LogP contribution < -0.4 is 0 Å². The summed E-state index contributed by atoms with van der Waals surface area (Å²) in [7, 11) is -3.47. The second kappa shape index (κ2) is 25.3. The zero-order chi connectivity index (χ0) is 44.2. The summed E-state index contributed by atoms with van der Waals surface area (Å²) in [5, 5.41) is 9.16. The third-order valence-corrected chi connectivity index (χ3v) is 10.3. The molecule has 0 saturated carbocycles. The number of carbonyl (C=O) groups excluding carboxylic acids is 5. The van der Waals surface area contributed by atoms with Gasteiger partial charge < -0.3 is 38.2 Å². The monoisotopic (exact) mass is 886 g/mol. The number of aliphatic hydroxyl groups is 1. The number of benzene rings is 1. The predicted molar refractivity (Wildman–Crippen MR) is 201 cm³/mol. The van der Waals surface area contributed by atoms with E-state index in [1.165, 1.54) is 24.3 Å². The number of esters is 5. The molecule has 1 saturated heterocycles. The molecular weight excluding hydrogens is 829 g/mol. The number of cyclic esters (lactones) is 4. The number of phosphoric ester groups is 1. The number of hydrogen-bond acceptors (Lipinski definition) is 18. The molecule has 0 aliphatic carbocycles. The van der Waals surface area contributed by atoms with Crippen molar-refractivity contribution in [3.8, 4) is 0 Å². The third kappa shape index (κ3) is 22.0. The molecule has 0 spiro atoms. The Kier molecular flexibility index (Phi) is 22.1. The van der Waals surface area contributed by atoms with Crippen LogP contribution in [0.2, 0.25) is 0 Å². The Hall–Kier alpha value is -3.57. The molecule has 2 rings (SSSR count). The van der Waals surface area contributed by atoms with Gasteiger partial charge in [-0.05, 0) is 42.9 Å². The lowest BCUT2D eigenvalue weighted by Gasteiger charge is -2.25. The zero-order valence-electron chi connectivity index (χ0n) is 33.9. The molecule has 6 atom stereocenters. The molecule has 0 radical (unpaired) electrons. The standard InChI is InChI=1S/C36H56NO20PS/c1-6-26(20-28(57-52-18-16-38)19-25(2)27-7-9-31(10-8-27)59(46,47)48)36(43)51-23-29-21-49-32(39)11-12-33(40)50-22-30(56-35(42)14-13-34(41)55-29)24-54-58(44,45)53-17-15-37(3,4)5/h7-10,25-26,28-30,38H,6,11-24H2,1-5H3,(H-,44,45,46,47,48)/p+1. The predicted octanol–water partition coefficient (Wildman–Crippen LogP) is 2.02. The number of phosphoric acid groups is 1.